The van der Waals surface area contributed by atoms with Crippen molar-refractivity contribution in [3.05, 3.63) is 78.1 Å². The zero-order valence-corrected chi connectivity index (χ0v) is 16.9. The fraction of sp³-hybridized carbons (Fsp3) is 0.273. The lowest BCUT2D eigenvalue weighted by atomic mass is 10.0. The number of pyridine rings is 1. The monoisotopic (exact) mass is 411 g/mol. The van der Waals surface area contributed by atoms with Gasteiger partial charge >= 0.3 is 0 Å². The number of nitrogens with zero attached hydrogens (tertiary/aromatic N) is 2. The molecule has 0 unspecified atom stereocenters. The second-order valence-electron chi connectivity index (χ2n) is 6.88. The number of aromatic nitrogens is 1. The van der Waals surface area contributed by atoms with Crippen LogP contribution in [0.25, 0.3) is 11.3 Å². The summed E-state index contributed by atoms with van der Waals surface area (Å²) < 4.78 is 24.7. The average molecular weight is 412 g/mol. The highest BCUT2D eigenvalue weighted by atomic mass is 32.1. The van der Waals surface area contributed by atoms with Crippen molar-refractivity contribution in [2.45, 2.75) is 18.5 Å². The molecule has 7 heteroatoms. The van der Waals surface area contributed by atoms with Gasteiger partial charge in [-0.25, -0.2) is 4.39 Å². The van der Waals surface area contributed by atoms with E-state index >= 15 is 0 Å². The van der Waals surface area contributed by atoms with Crippen molar-refractivity contribution in [1.29, 1.82) is 0 Å². The predicted octanol–water partition coefficient (Wildman–Crippen LogP) is 4.49. The van der Waals surface area contributed by atoms with Crippen LogP contribution < -0.4 is 5.32 Å². The minimum absolute atomic E-state index is 0.126. The van der Waals surface area contributed by atoms with Gasteiger partial charge in [-0.3, -0.25) is 4.98 Å². The van der Waals surface area contributed by atoms with Crippen LogP contribution in [0.1, 0.15) is 30.0 Å². The summed E-state index contributed by atoms with van der Waals surface area (Å²) in [6, 6.07) is 15.7. The van der Waals surface area contributed by atoms with E-state index in [1.54, 1.807) is 25.4 Å². The van der Waals surface area contributed by atoms with E-state index in [1.165, 1.54) is 12.1 Å². The number of ether oxygens (including phenoxy) is 1. The molecular weight excluding hydrogens is 389 g/mol. The molecule has 1 saturated heterocycles. The first kappa shape index (κ1) is 19.5. The summed E-state index contributed by atoms with van der Waals surface area (Å²) in [5.41, 5.74) is 1.72. The molecule has 29 heavy (non-hydrogen) atoms. The van der Waals surface area contributed by atoms with Crippen molar-refractivity contribution in [3.8, 4) is 11.3 Å². The van der Waals surface area contributed by atoms with Gasteiger partial charge in [0.1, 0.15) is 23.4 Å². The normalized spacial score (nSPS) is 18.8. The number of rotatable bonds is 7. The SMILES string of the molecule is COCCCN1C(=S)N[C@H](c2ccccn2)[C@@H]1c1ccc(-c2ccc(F)cc2)o1. The smallest absolute Gasteiger partial charge is 0.170 e. The van der Waals surface area contributed by atoms with Crippen LogP contribution in [0.5, 0.6) is 0 Å². The Balaban J connectivity index is 1.67. The lowest BCUT2D eigenvalue weighted by molar-refractivity contribution is 0.177. The summed E-state index contributed by atoms with van der Waals surface area (Å²) in [5.74, 6) is 1.20. The fourth-order valence-corrected chi connectivity index (χ4v) is 3.95. The number of halogens is 1. The summed E-state index contributed by atoms with van der Waals surface area (Å²) in [4.78, 5) is 6.65. The molecule has 5 nitrogen and oxygen atoms in total. The molecule has 4 rings (SSSR count). The Morgan fingerprint density at radius 2 is 2.00 bits per heavy atom. The standard InChI is InChI=1S/C22H22FN3O2S/c1-27-14-4-13-26-21(20(25-22(26)29)17-5-2-3-12-24-17)19-11-10-18(28-19)15-6-8-16(23)9-7-15/h2-3,5-12,20-21H,4,13-14H2,1H3,(H,25,29)/t20-,21+/m1/s1. The fourth-order valence-electron chi connectivity index (χ4n) is 3.62. The number of methoxy groups -OCH3 is 1. The Hall–Kier alpha value is -2.77. The highest BCUT2D eigenvalue weighted by Gasteiger charge is 2.41. The van der Waals surface area contributed by atoms with E-state index in [2.05, 4.69) is 15.2 Å². The molecule has 3 heterocycles. The second-order valence-corrected chi connectivity index (χ2v) is 7.26. The van der Waals surface area contributed by atoms with Gasteiger partial charge in [0.05, 0.1) is 11.7 Å². The largest absolute Gasteiger partial charge is 0.459 e. The summed E-state index contributed by atoms with van der Waals surface area (Å²) in [6.45, 7) is 1.39. The zero-order chi connectivity index (χ0) is 20.2. The molecule has 3 aromatic rings. The Morgan fingerprint density at radius 1 is 1.17 bits per heavy atom. The topological polar surface area (TPSA) is 50.5 Å². The van der Waals surface area contributed by atoms with Crippen LogP contribution in [0.15, 0.2) is 65.2 Å². The Labute approximate surface area is 174 Å². The molecule has 1 aliphatic rings. The molecule has 2 aromatic heterocycles. The van der Waals surface area contributed by atoms with Crippen molar-refractivity contribution in [2.24, 2.45) is 0 Å². The third-order valence-electron chi connectivity index (χ3n) is 4.99. The molecular formula is C22H22FN3O2S. The first-order chi connectivity index (χ1) is 14.2. The Morgan fingerprint density at radius 3 is 2.72 bits per heavy atom. The molecule has 1 aliphatic heterocycles. The number of benzene rings is 1. The minimum atomic E-state index is -0.273. The van der Waals surface area contributed by atoms with E-state index in [1.807, 2.05) is 30.3 Å². The average Bonchev–Trinajstić information content (AvgIpc) is 3.34. The summed E-state index contributed by atoms with van der Waals surface area (Å²) in [5, 5.41) is 4.06. The summed E-state index contributed by atoms with van der Waals surface area (Å²) in [7, 11) is 1.69. The van der Waals surface area contributed by atoms with Crippen LogP contribution >= 0.6 is 12.2 Å². The van der Waals surface area contributed by atoms with E-state index < -0.39 is 0 Å². The minimum Gasteiger partial charge on any atom is -0.459 e. The third-order valence-corrected chi connectivity index (χ3v) is 5.34. The van der Waals surface area contributed by atoms with Gasteiger partial charge in [0.2, 0.25) is 0 Å². The number of thiocarbonyl (C=S) groups is 1. The van der Waals surface area contributed by atoms with Crippen LogP contribution in [-0.4, -0.2) is 35.3 Å². The van der Waals surface area contributed by atoms with Crippen LogP contribution in [0.3, 0.4) is 0 Å². The molecule has 0 saturated carbocycles. The van der Waals surface area contributed by atoms with Crippen LogP contribution in [-0.2, 0) is 4.74 Å². The number of hydrogen-bond donors (Lipinski definition) is 1. The van der Waals surface area contributed by atoms with Gasteiger partial charge in [-0.1, -0.05) is 6.07 Å². The highest BCUT2D eigenvalue weighted by Crippen LogP contribution is 2.40. The quantitative estimate of drug-likeness (QED) is 0.457. The molecule has 0 spiro atoms. The Bertz CT molecular complexity index is 962. The molecule has 1 fully saturated rings. The first-order valence-electron chi connectivity index (χ1n) is 9.50. The van der Waals surface area contributed by atoms with E-state index in [4.69, 9.17) is 21.4 Å². The maximum Gasteiger partial charge on any atom is 0.170 e. The van der Waals surface area contributed by atoms with Gasteiger partial charge in [0.25, 0.3) is 0 Å². The van der Waals surface area contributed by atoms with Crippen LogP contribution in [0.2, 0.25) is 0 Å². The summed E-state index contributed by atoms with van der Waals surface area (Å²) >= 11 is 5.62. The molecule has 1 aromatic carbocycles. The van der Waals surface area contributed by atoms with Gasteiger partial charge in [-0.05, 0) is 67.2 Å². The molecule has 150 valence electrons. The van der Waals surface area contributed by atoms with Crippen LogP contribution in [0.4, 0.5) is 4.39 Å². The third kappa shape index (κ3) is 4.16. The van der Waals surface area contributed by atoms with Crippen molar-refractivity contribution in [1.82, 2.24) is 15.2 Å². The zero-order valence-electron chi connectivity index (χ0n) is 16.0. The van der Waals surface area contributed by atoms with E-state index in [0.717, 1.165) is 30.0 Å². The molecule has 0 amide bonds. The second kappa shape index (κ2) is 8.71. The van der Waals surface area contributed by atoms with E-state index in [-0.39, 0.29) is 17.9 Å². The van der Waals surface area contributed by atoms with Crippen molar-refractivity contribution < 1.29 is 13.5 Å². The molecule has 0 aliphatic carbocycles. The number of furan rings is 1. The van der Waals surface area contributed by atoms with Crippen molar-refractivity contribution in [3.63, 3.8) is 0 Å². The summed E-state index contributed by atoms with van der Waals surface area (Å²) in [6.07, 6.45) is 2.62. The Kier molecular flexibility index (Phi) is 5.87. The molecule has 2 atom stereocenters. The number of nitrogens with one attached hydrogen (secondary N) is 1. The van der Waals surface area contributed by atoms with E-state index in [9.17, 15) is 4.39 Å². The van der Waals surface area contributed by atoms with Gasteiger partial charge in [-0.15, -0.1) is 0 Å². The predicted molar refractivity (Wildman–Crippen MR) is 113 cm³/mol. The van der Waals surface area contributed by atoms with E-state index in [0.29, 0.717) is 17.5 Å². The lowest BCUT2D eigenvalue weighted by Crippen LogP contribution is -2.31. The van der Waals surface area contributed by atoms with Gasteiger partial charge in [0.15, 0.2) is 5.11 Å². The maximum atomic E-state index is 13.3. The number of hydrogen-bond acceptors (Lipinski definition) is 4. The van der Waals surface area contributed by atoms with Crippen LogP contribution in [0, 0.1) is 5.82 Å². The van der Waals surface area contributed by atoms with Crippen molar-refractivity contribution >= 4 is 17.3 Å². The molecule has 0 bridgehead atoms. The maximum absolute atomic E-state index is 13.3. The van der Waals surface area contributed by atoms with Crippen molar-refractivity contribution in [2.75, 3.05) is 20.3 Å². The highest BCUT2D eigenvalue weighted by molar-refractivity contribution is 7.80. The first-order valence-corrected chi connectivity index (χ1v) is 9.91. The van der Waals surface area contributed by atoms with Gasteiger partial charge in [0, 0.05) is 32.0 Å². The molecule has 0 radical (unpaired) electrons. The van der Waals surface area contributed by atoms with Gasteiger partial charge in [-0.2, -0.15) is 0 Å². The molecule has 1 N–H and O–H groups in total. The lowest BCUT2D eigenvalue weighted by Gasteiger charge is -2.25. The van der Waals surface area contributed by atoms with Gasteiger partial charge < -0.3 is 19.4 Å².